The van der Waals surface area contributed by atoms with Crippen LogP contribution in [0.25, 0.3) is 0 Å². The molecule has 0 aliphatic rings. The Bertz CT molecular complexity index is 1170. The van der Waals surface area contributed by atoms with Gasteiger partial charge in [0, 0.05) is 19.3 Å². The number of hydrogen-bond acceptors (Lipinski definition) is 7. The third-order valence-electron chi connectivity index (χ3n) is 6.41. The van der Waals surface area contributed by atoms with Crippen LogP contribution in [-0.2, 0) is 9.16 Å². The topological polar surface area (TPSA) is 97.9 Å². The van der Waals surface area contributed by atoms with E-state index in [0.29, 0.717) is 9.88 Å². The average molecular weight is 566 g/mol. The van der Waals surface area contributed by atoms with E-state index in [9.17, 15) is 9.90 Å². The van der Waals surface area contributed by atoms with Gasteiger partial charge in [-0.05, 0) is 15.4 Å². The Morgan fingerprint density at radius 3 is 2.21 bits per heavy atom. The fraction of sp³-hybridized carbons (Fsp3) is 0.333. The maximum absolute atomic E-state index is 12.3. The van der Waals surface area contributed by atoms with Crippen molar-refractivity contribution in [3.05, 3.63) is 102 Å². The van der Waals surface area contributed by atoms with E-state index in [-0.39, 0.29) is 31.3 Å². The molecule has 208 valence electrons. The predicted molar refractivity (Wildman–Crippen MR) is 161 cm³/mol. The van der Waals surface area contributed by atoms with Gasteiger partial charge in [-0.25, -0.2) is 9.78 Å². The molecule has 9 heteroatoms. The molecule has 0 saturated carbocycles. The molecule has 0 aliphatic carbocycles. The number of rotatable bonds is 13. The van der Waals surface area contributed by atoms with Gasteiger partial charge in [0.25, 0.3) is 8.32 Å². The van der Waals surface area contributed by atoms with Crippen molar-refractivity contribution in [3.8, 4) is 0 Å². The minimum atomic E-state index is -2.79. The lowest BCUT2D eigenvalue weighted by molar-refractivity contribution is 0.105. The SMILES string of the molecule is C=CCOC(=O)N(CC=C)CC(N)c1ncc(C(O)CO[Si](c2ccccc2)(c2ccccc2)C(C)(C)C)s1. The number of carbonyl (C=O) groups excluding carboxylic acids is 1. The molecule has 3 aromatic rings. The van der Waals surface area contributed by atoms with E-state index < -0.39 is 26.6 Å². The second kappa shape index (κ2) is 13.8. The summed E-state index contributed by atoms with van der Waals surface area (Å²) < 4.78 is 12.0. The zero-order chi connectivity index (χ0) is 28.5. The van der Waals surface area contributed by atoms with Gasteiger partial charge in [-0.2, -0.15) is 0 Å². The number of thiazole rings is 1. The van der Waals surface area contributed by atoms with Crippen LogP contribution in [0.3, 0.4) is 0 Å². The Balaban J connectivity index is 1.80. The van der Waals surface area contributed by atoms with Gasteiger partial charge in [0.05, 0.1) is 17.5 Å². The zero-order valence-electron chi connectivity index (χ0n) is 23.0. The molecule has 0 spiro atoms. The van der Waals surface area contributed by atoms with Crippen LogP contribution in [0.1, 0.15) is 42.8 Å². The first-order valence-electron chi connectivity index (χ1n) is 12.9. The van der Waals surface area contributed by atoms with E-state index in [1.807, 2.05) is 36.4 Å². The summed E-state index contributed by atoms with van der Waals surface area (Å²) in [5.41, 5.74) is 6.40. The van der Waals surface area contributed by atoms with Gasteiger partial charge >= 0.3 is 6.09 Å². The molecule has 2 atom stereocenters. The van der Waals surface area contributed by atoms with E-state index in [1.54, 1.807) is 12.3 Å². The van der Waals surface area contributed by atoms with E-state index >= 15 is 0 Å². The van der Waals surface area contributed by atoms with Crippen LogP contribution in [0, 0.1) is 0 Å². The van der Waals surface area contributed by atoms with E-state index in [0.717, 1.165) is 10.4 Å². The lowest BCUT2D eigenvalue weighted by Crippen LogP contribution is -2.66. The highest BCUT2D eigenvalue weighted by Crippen LogP contribution is 2.37. The molecule has 7 nitrogen and oxygen atoms in total. The number of benzene rings is 2. The molecule has 2 aromatic carbocycles. The van der Waals surface area contributed by atoms with Crippen LogP contribution < -0.4 is 16.1 Å². The smallest absolute Gasteiger partial charge is 0.410 e. The predicted octanol–water partition coefficient (Wildman–Crippen LogP) is 4.56. The number of ether oxygens (including phenoxy) is 1. The summed E-state index contributed by atoms with van der Waals surface area (Å²) in [5.74, 6) is 0. The zero-order valence-corrected chi connectivity index (χ0v) is 24.8. The van der Waals surface area contributed by atoms with E-state index in [2.05, 4.69) is 63.2 Å². The average Bonchev–Trinajstić information content (AvgIpc) is 3.43. The Labute approximate surface area is 236 Å². The number of aliphatic hydroxyl groups is 1. The quantitative estimate of drug-likeness (QED) is 0.233. The van der Waals surface area contributed by atoms with Gasteiger partial charge in [-0.3, -0.25) is 0 Å². The van der Waals surface area contributed by atoms with Gasteiger partial charge in [0.2, 0.25) is 0 Å². The normalized spacial score (nSPS) is 13.4. The van der Waals surface area contributed by atoms with Crippen molar-refractivity contribution in [1.29, 1.82) is 0 Å². The van der Waals surface area contributed by atoms with Crippen molar-refractivity contribution in [3.63, 3.8) is 0 Å². The fourth-order valence-electron chi connectivity index (χ4n) is 4.59. The van der Waals surface area contributed by atoms with Crippen LogP contribution in [0.4, 0.5) is 4.79 Å². The number of nitrogens with zero attached hydrogens (tertiary/aromatic N) is 2. The van der Waals surface area contributed by atoms with Gasteiger partial charge < -0.3 is 24.9 Å². The summed E-state index contributed by atoms with van der Waals surface area (Å²) >= 11 is 1.32. The lowest BCUT2D eigenvalue weighted by atomic mass is 10.2. The third-order valence-corrected chi connectivity index (χ3v) is 12.6. The van der Waals surface area contributed by atoms with Crippen LogP contribution in [0.5, 0.6) is 0 Å². The number of carbonyl (C=O) groups is 1. The molecule has 2 unspecified atom stereocenters. The summed E-state index contributed by atoms with van der Waals surface area (Å²) in [5, 5.41) is 13.9. The van der Waals surface area contributed by atoms with Gasteiger partial charge in [0.1, 0.15) is 17.7 Å². The van der Waals surface area contributed by atoms with Gasteiger partial charge in [-0.15, -0.1) is 17.9 Å². The summed E-state index contributed by atoms with van der Waals surface area (Å²) in [6.45, 7) is 14.6. The second-order valence-electron chi connectivity index (χ2n) is 10.3. The van der Waals surface area contributed by atoms with E-state index in [1.165, 1.54) is 22.3 Å². The molecule has 3 rings (SSSR count). The Morgan fingerprint density at radius 1 is 1.10 bits per heavy atom. The molecule has 0 radical (unpaired) electrons. The summed E-state index contributed by atoms with van der Waals surface area (Å²) in [7, 11) is -2.79. The molecule has 1 aromatic heterocycles. The second-order valence-corrected chi connectivity index (χ2v) is 15.7. The molecule has 1 heterocycles. The lowest BCUT2D eigenvalue weighted by Gasteiger charge is -2.43. The number of aromatic nitrogens is 1. The maximum Gasteiger partial charge on any atom is 0.410 e. The molecular formula is C30H39N3O4SSi. The first-order valence-corrected chi connectivity index (χ1v) is 15.6. The summed E-state index contributed by atoms with van der Waals surface area (Å²) in [4.78, 5) is 18.9. The van der Waals surface area contributed by atoms with Crippen LogP contribution in [0.15, 0.2) is 92.2 Å². The molecule has 0 bridgehead atoms. The molecule has 39 heavy (non-hydrogen) atoms. The maximum atomic E-state index is 12.3. The highest BCUT2D eigenvalue weighted by molar-refractivity contribution is 7.11. The summed E-state index contributed by atoms with van der Waals surface area (Å²) in [6.07, 6.45) is 3.37. The monoisotopic (exact) mass is 565 g/mol. The molecule has 0 saturated heterocycles. The Kier molecular flexibility index (Phi) is 10.8. The number of nitrogens with two attached hydrogens (primary N) is 1. The van der Waals surface area contributed by atoms with Gasteiger partial charge in [-0.1, -0.05) is 100 Å². The highest BCUT2D eigenvalue weighted by Gasteiger charge is 2.50. The molecule has 0 fully saturated rings. The summed E-state index contributed by atoms with van der Waals surface area (Å²) in [6, 6.07) is 20.1. The van der Waals surface area contributed by atoms with Gasteiger partial charge in [0.15, 0.2) is 0 Å². The first-order chi connectivity index (χ1) is 18.6. The standard InChI is InChI=1S/C30H39N3O4SSi/c1-6-18-33(29(35)36-19-7-2)21-25(31)28-32-20-27(38-28)26(34)22-37-39(30(3,4)5,23-14-10-8-11-15-23)24-16-12-9-13-17-24/h6-17,20,25-26,34H,1-2,18-19,21-22,31H2,3-5H3. The van der Waals surface area contributed by atoms with Crippen molar-refractivity contribution in [1.82, 2.24) is 9.88 Å². The number of amides is 1. The van der Waals surface area contributed by atoms with Crippen molar-refractivity contribution >= 4 is 36.1 Å². The van der Waals surface area contributed by atoms with Crippen LogP contribution in [-0.4, -0.2) is 55.7 Å². The molecule has 3 N–H and O–H groups in total. The van der Waals surface area contributed by atoms with Crippen molar-refractivity contribution < 1.29 is 19.1 Å². The van der Waals surface area contributed by atoms with E-state index in [4.69, 9.17) is 14.9 Å². The minimum absolute atomic E-state index is 0.112. The van der Waals surface area contributed by atoms with Crippen LogP contribution >= 0.6 is 11.3 Å². The minimum Gasteiger partial charge on any atom is -0.445 e. The Hall–Kier alpha value is -3.08. The molecule has 1 amide bonds. The van der Waals surface area contributed by atoms with Crippen molar-refractivity contribution in [2.24, 2.45) is 5.73 Å². The highest BCUT2D eigenvalue weighted by atomic mass is 32.1. The third kappa shape index (κ3) is 7.31. The number of hydrogen-bond donors (Lipinski definition) is 2. The number of aliphatic hydroxyl groups excluding tert-OH is 1. The largest absolute Gasteiger partial charge is 0.445 e. The molecule has 0 aliphatic heterocycles. The molecular weight excluding hydrogens is 527 g/mol. The van der Waals surface area contributed by atoms with Crippen molar-refractivity contribution in [2.75, 3.05) is 26.3 Å². The van der Waals surface area contributed by atoms with Crippen LogP contribution in [0.2, 0.25) is 5.04 Å². The van der Waals surface area contributed by atoms with Crippen molar-refractivity contribution in [2.45, 2.75) is 38.0 Å². The Morgan fingerprint density at radius 2 is 1.69 bits per heavy atom. The first kappa shape index (κ1) is 30.5. The fourth-order valence-corrected chi connectivity index (χ4v) is 10.0.